The Bertz CT molecular complexity index is 578. The first-order chi connectivity index (χ1) is 11.2. The molecule has 0 spiro atoms. The van der Waals surface area contributed by atoms with Gasteiger partial charge in [-0.2, -0.15) is 0 Å². The maximum Gasteiger partial charge on any atom is 0.251 e. The van der Waals surface area contributed by atoms with Crippen molar-refractivity contribution < 1.29 is 9.59 Å². The molecule has 1 heterocycles. The van der Waals surface area contributed by atoms with Crippen molar-refractivity contribution in [2.45, 2.75) is 19.8 Å². The van der Waals surface area contributed by atoms with E-state index in [0.29, 0.717) is 24.6 Å². The third-order valence-electron chi connectivity index (χ3n) is 3.96. The van der Waals surface area contributed by atoms with Crippen LogP contribution in [0.2, 0.25) is 0 Å². The lowest BCUT2D eigenvalue weighted by atomic mass is 9.97. The molecule has 0 radical (unpaired) electrons. The number of nitrogens with one attached hydrogen (secondary N) is 1. The molecule has 0 aliphatic carbocycles. The molecule has 1 aromatic rings. The highest BCUT2D eigenvalue weighted by Crippen LogP contribution is 2.16. The maximum absolute atomic E-state index is 12.1. The number of rotatable bonds is 5. The Morgan fingerprint density at radius 2 is 2.04 bits per heavy atom. The van der Waals surface area contributed by atoms with E-state index in [0.717, 1.165) is 19.4 Å². The summed E-state index contributed by atoms with van der Waals surface area (Å²) in [4.78, 5) is 26.0. The predicted octanol–water partition coefficient (Wildman–Crippen LogP) is 2.79. The molecule has 4 heteroatoms. The molecule has 4 nitrogen and oxygen atoms in total. The Labute approximate surface area is 137 Å². The topological polar surface area (TPSA) is 49.4 Å². The van der Waals surface area contributed by atoms with Gasteiger partial charge in [-0.05, 0) is 37.8 Å². The molecule has 2 amide bonds. The molecule has 1 atom stereocenters. The van der Waals surface area contributed by atoms with Crippen LogP contribution in [0, 0.1) is 5.92 Å². The van der Waals surface area contributed by atoms with Gasteiger partial charge in [0.25, 0.3) is 5.91 Å². The Balaban J connectivity index is 1.82. The minimum atomic E-state index is -0.0537. The number of hydrogen-bond acceptors (Lipinski definition) is 2. The Morgan fingerprint density at radius 3 is 2.78 bits per heavy atom. The fourth-order valence-electron chi connectivity index (χ4n) is 2.71. The highest BCUT2D eigenvalue weighted by atomic mass is 16.2. The molecular weight excluding hydrogens is 288 g/mol. The molecule has 23 heavy (non-hydrogen) atoms. The van der Waals surface area contributed by atoms with Crippen LogP contribution in [-0.2, 0) is 4.79 Å². The molecule has 1 fully saturated rings. The average molecular weight is 312 g/mol. The van der Waals surface area contributed by atoms with Gasteiger partial charge >= 0.3 is 0 Å². The van der Waals surface area contributed by atoms with Crippen molar-refractivity contribution >= 4 is 11.8 Å². The van der Waals surface area contributed by atoms with Gasteiger partial charge in [0.05, 0.1) is 0 Å². The van der Waals surface area contributed by atoms with Crippen molar-refractivity contribution in [2.24, 2.45) is 5.92 Å². The van der Waals surface area contributed by atoms with Crippen LogP contribution >= 0.6 is 0 Å². The lowest BCUT2D eigenvalue weighted by molar-refractivity contribution is -0.127. The highest BCUT2D eigenvalue weighted by Gasteiger charge is 2.22. The number of carbonyl (C=O) groups is 2. The number of piperidine rings is 1. The molecule has 0 unspecified atom stereocenters. The van der Waals surface area contributed by atoms with Crippen molar-refractivity contribution in [3.63, 3.8) is 0 Å². The van der Waals surface area contributed by atoms with Crippen LogP contribution < -0.4 is 5.32 Å². The molecule has 1 aliphatic rings. The van der Waals surface area contributed by atoms with E-state index in [2.05, 4.69) is 5.32 Å². The van der Waals surface area contributed by atoms with Crippen LogP contribution in [0.4, 0.5) is 0 Å². The van der Waals surface area contributed by atoms with E-state index < -0.39 is 0 Å². The highest BCUT2D eigenvalue weighted by molar-refractivity contribution is 5.94. The number of amides is 2. The Morgan fingerprint density at radius 1 is 1.26 bits per heavy atom. The normalized spacial score (nSPS) is 18.5. The first kappa shape index (κ1) is 17.0. The van der Waals surface area contributed by atoms with Crippen LogP contribution in [0.25, 0.3) is 0 Å². The van der Waals surface area contributed by atoms with Crippen LogP contribution in [0.3, 0.4) is 0 Å². The summed E-state index contributed by atoms with van der Waals surface area (Å²) >= 11 is 0. The number of benzene rings is 1. The van der Waals surface area contributed by atoms with Crippen molar-refractivity contribution in [3.8, 4) is 0 Å². The largest absolute Gasteiger partial charge is 0.352 e. The monoisotopic (exact) mass is 312 g/mol. The predicted molar refractivity (Wildman–Crippen MR) is 92.0 cm³/mol. The van der Waals surface area contributed by atoms with Crippen LogP contribution in [0.1, 0.15) is 30.1 Å². The van der Waals surface area contributed by atoms with Gasteiger partial charge in [-0.25, -0.2) is 0 Å². The smallest absolute Gasteiger partial charge is 0.251 e. The molecule has 1 saturated heterocycles. The molecule has 1 N–H and O–H groups in total. The average Bonchev–Trinajstić information content (AvgIpc) is 2.61. The number of likely N-dealkylation sites (tertiary alicyclic amines) is 1. The van der Waals surface area contributed by atoms with E-state index in [4.69, 9.17) is 0 Å². The van der Waals surface area contributed by atoms with E-state index in [-0.39, 0.29) is 11.8 Å². The second-order valence-corrected chi connectivity index (χ2v) is 5.75. The van der Waals surface area contributed by atoms with E-state index in [9.17, 15) is 9.59 Å². The zero-order valence-corrected chi connectivity index (χ0v) is 13.6. The summed E-state index contributed by atoms with van der Waals surface area (Å²) in [6.07, 6.45) is 9.13. The number of nitrogens with zero attached hydrogens (tertiary/aromatic N) is 1. The van der Waals surface area contributed by atoms with E-state index in [1.165, 1.54) is 0 Å². The first-order valence-corrected chi connectivity index (χ1v) is 8.12. The minimum Gasteiger partial charge on any atom is -0.352 e. The third kappa shape index (κ3) is 5.40. The molecular formula is C19H24N2O2. The van der Waals surface area contributed by atoms with Gasteiger partial charge in [0.1, 0.15) is 0 Å². The van der Waals surface area contributed by atoms with Crippen LogP contribution in [0.15, 0.2) is 54.6 Å². The second kappa shape index (κ2) is 8.93. The van der Waals surface area contributed by atoms with Gasteiger partial charge in [0.15, 0.2) is 0 Å². The Kier molecular flexibility index (Phi) is 6.60. The lowest BCUT2D eigenvalue weighted by Gasteiger charge is -2.32. The maximum atomic E-state index is 12.1. The summed E-state index contributed by atoms with van der Waals surface area (Å²) in [6, 6.07) is 9.21. The van der Waals surface area contributed by atoms with Gasteiger partial charge < -0.3 is 10.2 Å². The van der Waals surface area contributed by atoms with Gasteiger partial charge in [-0.3, -0.25) is 9.59 Å². The third-order valence-corrected chi connectivity index (χ3v) is 3.96. The molecule has 0 aromatic heterocycles. The molecule has 0 saturated carbocycles. The van der Waals surface area contributed by atoms with Crippen molar-refractivity contribution in [1.29, 1.82) is 0 Å². The summed E-state index contributed by atoms with van der Waals surface area (Å²) in [7, 11) is 0. The summed E-state index contributed by atoms with van der Waals surface area (Å²) in [6.45, 7) is 4.02. The fraction of sp³-hybridized carbons (Fsp3) is 0.368. The quantitative estimate of drug-likeness (QED) is 0.671. The van der Waals surface area contributed by atoms with E-state index in [1.54, 1.807) is 24.3 Å². The van der Waals surface area contributed by atoms with E-state index >= 15 is 0 Å². The number of allylic oxidation sites excluding steroid dienone is 3. The number of carbonyl (C=O) groups excluding carboxylic acids is 2. The number of hydrogen-bond donors (Lipinski definition) is 1. The van der Waals surface area contributed by atoms with Crippen molar-refractivity contribution in [3.05, 3.63) is 60.2 Å². The van der Waals surface area contributed by atoms with Gasteiger partial charge in [-0.1, -0.05) is 36.4 Å². The molecule has 2 rings (SSSR count). The van der Waals surface area contributed by atoms with E-state index in [1.807, 2.05) is 42.2 Å². The van der Waals surface area contributed by atoms with Crippen LogP contribution in [0.5, 0.6) is 0 Å². The molecule has 0 bridgehead atoms. The van der Waals surface area contributed by atoms with Gasteiger partial charge in [-0.15, -0.1) is 0 Å². The molecule has 122 valence electrons. The first-order valence-electron chi connectivity index (χ1n) is 8.12. The summed E-state index contributed by atoms with van der Waals surface area (Å²) < 4.78 is 0. The summed E-state index contributed by atoms with van der Waals surface area (Å²) in [5.41, 5.74) is 0.672. The molecule has 1 aromatic carbocycles. The fourth-order valence-corrected chi connectivity index (χ4v) is 2.71. The summed E-state index contributed by atoms with van der Waals surface area (Å²) in [5.74, 6) is 0.305. The van der Waals surface area contributed by atoms with Crippen LogP contribution in [-0.4, -0.2) is 36.3 Å². The van der Waals surface area contributed by atoms with Crippen molar-refractivity contribution in [2.75, 3.05) is 19.6 Å². The summed E-state index contributed by atoms with van der Waals surface area (Å²) in [5, 5.41) is 2.97. The second-order valence-electron chi connectivity index (χ2n) is 5.75. The standard InChI is InChI=1S/C19H24N2O2/c1-2-3-5-12-18(22)21-13-8-9-16(15-21)14-20-19(23)17-10-6-4-7-11-17/h2-7,10-12,16H,8-9,13-15H2,1H3,(H,20,23)/b3-2+,12-5+/t16-/m0/s1. The van der Waals surface area contributed by atoms with Crippen molar-refractivity contribution in [1.82, 2.24) is 10.2 Å². The van der Waals surface area contributed by atoms with Gasteiger partial charge in [0.2, 0.25) is 5.91 Å². The zero-order chi connectivity index (χ0) is 16.5. The minimum absolute atomic E-state index is 0.0437. The SMILES string of the molecule is C/C=C/C=C/C(=O)N1CCC[C@@H](CNC(=O)c2ccccc2)C1. The Hall–Kier alpha value is -2.36. The lowest BCUT2D eigenvalue weighted by Crippen LogP contribution is -2.43. The van der Waals surface area contributed by atoms with Gasteiger partial charge in [0, 0.05) is 31.3 Å². The molecule has 1 aliphatic heterocycles. The zero-order valence-electron chi connectivity index (χ0n) is 13.6.